The summed E-state index contributed by atoms with van der Waals surface area (Å²) in [5.41, 5.74) is -0.0821. The lowest BCUT2D eigenvalue weighted by molar-refractivity contribution is -0.152. The highest BCUT2D eigenvalue weighted by atomic mass is 79.9. The second-order valence-corrected chi connectivity index (χ2v) is 9.21. The first kappa shape index (κ1) is 23.5. The van der Waals surface area contributed by atoms with Crippen molar-refractivity contribution in [2.45, 2.75) is 83.2 Å². The molecule has 2 unspecified atom stereocenters. The van der Waals surface area contributed by atoms with Gasteiger partial charge in [0.25, 0.3) is 0 Å². The van der Waals surface area contributed by atoms with Crippen molar-refractivity contribution in [3.63, 3.8) is 0 Å². The number of fused-ring (bicyclic) bond motifs is 1. The summed E-state index contributed by atoms with van der Waals surface area (Å²) in [5.74, 6) is -1.78. The third-order valence-electron chi connectivity index (χ3n) is 5.80. The van der Waals surface area contributed by atoms with E-state index in [2.05, 4.69) is 28.2 Å². The van der Waals surface area contributed by atoms with Crippen LogP contribution in [0, 0.1) is 5.92 Å². The summed E-state index contributed by atoms with van der Waals surface area (Å²) in [6, 6.07) is 3.48. The summed E-state index contributed by atoms with van der Waals surface area (Å²) < 4.78 is 0.665. The minimum Gasteiger partial charge on any atom is -0.481 e. The van der Waals surface area contributed by atoms with Crippen molar-refractivity contribution < 1.29 is 15.0 Å². The summed E-state index contributed by atoms with van der Waals surface area (Å²) in [5, 5.41) is 24.6. The van der Waals surface area contributed by atoms with E-state index in [1.54, 1.807) is 12.1 Å². The highest BCUT2D eigenvalue weighted by Gasteiger charge is 2.47. The minimum atomic E-state index is -1.41. The van der Waals surface area contributed by atoms with Crippen LogP contribution in [0.15, 0.2) is 16.6 Å². The molecule has 0 fully saturated rings. The average molecular weight is 475 g/mol. The third-order valence-corrected chi connectivity index (χ3v) is 6.99. The molecule has 2 atom stereocenters. The summed E-state index contributed by atoms with van der Waals surface area (Å²) in [6.45, 7) is 2.43. The van der Waals surface area contributed by atoms with E-state index in [0.717, 1.165) is 19.3 Å². The first-order valence-electron chi connectivity index (χ1n) is 10.6. The van der Waals surface area contributed by atoms with Gasteiger partial charge >= 0.3 is 5.97 Å². The van der Waals surface area contributed by atoms with Crippen molar-refractivity contribution in [2.75, 3.05) is 11.9 Å². The van der Waals surface area contributed by atoms with Crippen LogP contribution in [0.5, 0.6) is 0 Å². The van der Waals surface area contributed by atoms with Crippen LogP contribution >= 0.6 is 27.5 Å². The Hall–Kier alpha value is -0.780. The van der Waals surface area contributed by atoms with E-state index in [9.17, 15) is 15.0 Å². The number of aliphatic hydroxyl groups is 1. The maximum Gasteiger partial charge on any atom is 0.309 e. The van der Waals surface area contributed by atoms with Gasteiger partial charge in [-0.2, -0.15) is 0 Å². The van der Waals surface area contributed by atoms with Gasteiger partial charge in [-0.15, -0.1) is 0 Å². The van der Waals surface area contributed by atoms with Gasteiger partial charge in [0.05, 0.1) is 10.9 Å². The van der Waals surface area contributed by atoms with Crippen LogP contribution in [0.3, 0.4) is 0 Å². The first-order valence-corrected chi connectivity index (χ1v) is 11.8. The summed E-state index contributed by atoms with van der Waals surface area (Å²) in [7, 11) is 0. The molecule has 0 amide bonds. The Labute approximate surface area is 182 Å². The second-order valence-electron chi connectivity index (χ2n) is 7.95. The van der Waals surface area contributed by atoms with Crippen LogP contribution in [0.25, 0.3) is 0 Å². The van der Waals surface area contributed by atoms with Crippen LogP contribution in [-0.4, -0.2) is 22.7 Å². The molecule has 1 aromatic carbocycles. The molecule has 0 bridgehead atoms. The monoisotopic (exact) mass is 473 g/mol. The van der Waals surface area contributed by atoms with Crippen LogP contribution in [0.2, 0.25) is 5.02 Å². The van der Waals surface area contributed by atoms with Gasteiger partial charge in [0, 0.05) is 22.3 Å². The van der Waals surface area contributed by atoms with Gasteiger partial charge in [-0.05, 0) is 34.5 Å². The molecule has 2 rings (SSSR count). The van der Waals surface area contributed by atoms with Gasteiger partial charge in [-0.3, -0.25) is 4.79 Å². The van der Waals surface area contributed by atoms with E-state index in [4.69, 9.17) is 11.6 Å². The largest absolute Gasteiger partial charge is 0.481 e. The van der Waals surface area contributed by atoms with E-state index in [1.807, 2.05) is 0 Å². The molecule has 0 spiro atoms. The molecule has 28 heavy (non-hydrogen) atoms. The predicted molar refractivity (Wildman–Crippen MR) is 119 cm³/mol. The zero-order valence-electron chi connectivity index (χ0n) is 16.8. The number of halogens is 2. The standard InChI is InChI=1S/C22H33BrClNO3/c1-2-3-4-5-6-7-8-9-10-11-12-16(21(26)27)22(28)15-25-20-14-19(24)18(23)13-17(20)22/h13-14,16,25,28H,2-12,15H2,1H3,(H,26,27). The Balaban J connectivity index is 1.82. The molecule has 1 aliphatic heterocycles. The average Bonchev–Trinajstić information content (AvgIpc) is 2.96. The fraction of sp³-hybridized carbons (Fsp3) is 0.682. The van der Waals surface area contributed by atoms with Crippen molar-refractivity contribution in [3.8, 4) is 0 Å². The molecule has 0 aliphatic carbocycles. The van der Waals surface area contributed by atoms with Crippen molar-refractivity contribution in [2.24, 2.45) is 5.92 Å². The van der Waals surface area contributed by atoms with Crippen LogP contribution in [0.4, 0.5) is 5.69 Å². The molecule has 4 nitrogen and oxygen atoms in total. The molecule has 0 radical (unpaired) electrons. The van der Waals surface area contributed by atoms with Gasteiger partial charge in [-0.1, -0.05) is 82.7 Å². The van der Waals surface area contributed by atoms with E-state index in [1.165, 1.54) is 44.9 Å². The van der Waals surface area contributed by atoms with Gasteiger partial charge in [0.2, 0.25) is 0 Å². The van der Waals surface area contributed by atoms with Gasteiger partial charge in [0.15, 0.2) is 0 Å². The smallest absolute Gasteiger partial charge is 0.309 e. The van der Waals surface area contributed by atoms with E-state index < -0.39 is 17.5 Å². The van der Waals surface area contributed by atoms with Crippen LogP contribution < -0.4 is 5.32 Å². The van der Waals surface area contributed by atoms with E-state index in [0.29, 0.717) is 27.2 Å². The molecule has 1 aliphatic rings. The lowest BCUT2D eigenvalue weighted by Crippen LogP contribution is -2.41. The van der Waals surface area contributed by atoms with Crippen LogP contribution in [-0.2, 0) is 10.4 Å². The number of rotatable bonds is 13. The van der Waals surface area contributed by atoms with E-state index in [-0.39, 0.29) is 6.54 Å². The maximum absolute atomic E-state index is 11.9. The Morgan fingerprint density at radius 1 is 1.14 bits per heavy atom. The maximum atomic E-state index is 11.9. The number of aliphatic carboxylic acids is 1. The Morgan fingerprint density at radius 3 is 2.29 bits per heavy atom. The van der Waals surface area contributed by atoms with Gasteiger partial charge in [-0.25, -0.2) is 0 Å². The fourth-order valence-electron chi connectivity index (χ4n) is 4.09. The molecule has 158 valence electrons. The number of carbonyl (C=O) groups is 1. The number of carboxylic acid groups (broad SMARTS) is 1. The lowest BCUT2D eigenvalue weighted by atomic mass is 9.79. The summed E-state index contributed by atoms with van der Waals surface area (Å²) in [4.78, 5) is 11.9. The van der Waals surface area contributed by atoms with Gasteiger partial charge in [0.1, 0.15) is 5.60 Å². The number of hydrogen-bond donors (Lipinski definition) is 3. The third kappa shape index (κ3) is 6.11. The molecule has 0 aromatic heterocycles. The number of anilines is 1. The number of benzene rings is 1. The number of unbranched alkanes of at least 4 members (excludes halogenated alkanes) is 9. The quantitative estimate of drug-likeness (QED) is 0.277. The Kier molecular flexibility index (Phi) is 9.58. The zero-order chi connectivity index (χ0) is 20.6. The first-order chi connectivity index (χ1) is 13.4. The fourth-order valence-corrected chi connectivity index (χ4v) is 4.60. The van der Waals surface area contributed by atoms with Crippen LogP contribution in [0.1, 0.15) is 83.1 Å². The van der Waals surface area contributed by atoms with Crippen molar-refractivity contribution in [3.05, 3.63) is 27.2 Å². The Morgan fingerprint density at radius 2 is 1.71 bits per heavy atom. The molecular weight excluding hydrogens is 442 g/mol. The highest BCUT2D eigenvalue weighted by Crippen LogP contribution is 2.45. The topological polar surface area (TPSA) is 69.6 Å². The molecule has 0 saturated heterocycles. The molecule has 0 saturated carbocycles. The molecule has 1 heterocycles. The predicted octanol–water partition coefficient (Wildman–Crippen LogP) is 6.73. The van der Waals surface area contributed by atoms with Gasteiger partial charge < -0.3 is 15.5 Å². The summed E-state index contributed by atoms with van der Waals surface area (Å²) in [6.07, 6.45) is 12.5. The molecule has 6 heteroatoms. The summed E-state index contributed by atoms with van der Waals surface area (Å²) >= 11 is 9.50. The second kappa shape index (κ2) is 11.4. The highest BCUT2D eigenvalue weighted by molar-refractivity contribution is 9.10. The van der Waals surface area contributed by atoms with Crippen molar-refractivity contribution in [1.82, 2.24) is 0 Å². The normalized spacial score (nSPS) is 19.3. The van der Waals surface area contributed by atoms with E-state index >= 15 is 0 Å². The number of hydrogen-bond acceptors (Lipinski definition) is 3. The zero-order valence-corrected chi connectivity index (χ0v) is 19.1. The Bertz CT molecular complexity index is 655. The number of nitrogens with one attached hydrogen (secondary N) is 1. The molecule has 3 N–H and O–H groups in total. The molecule has 1 aromatic rings. The number of carboxylic acids is 1. The molecular formula is C22H33BrClNO3. The SMILES string of the molecule is CCCCCCCCCCCCC(C(=O)O)C1(O)CNc2cc(Cl)c(Br)cc21. The van der Waals surface area contributed by atoms with Crippen molar-refractivity contribution in [1.29, 1.82) is 0 Å². The minimum absolute atomic E-state index is 0.198. The number of β-amino-alcohol motifs (C(OH)–C–C–N with tert-alkyl or cyclic N) is 1. The van der Waals surface area contributed by atoms with Crippen molar-refractivity contribution >= 4 is 39.2 Å². The lowest BCUT2D eigenvalue weighted by Gasteiger charge is -2.30.